The molecule has 5 nitrogen and oxygen atoms in total. The molecule has 2 aromatic carbocycles. The molecule has 0 aliphatic rings. The third-order valence-electron chi connectivity index (χ3n) is 3.36. The number of anilines is 2. The van der Waals surface area contributed by atoms with E-state index in [-0.39, 0.29) is 18.4 Å². The molecule has 0 radical (unpaired) electrons. The van der Waals surface area contributed by atoms with Crippen molar-refractivity contribution in [1.82, 2.24) is 5.32 Å². The Morgan fingerprint density at radius 1 is 1.04 bits per heavy atom. The lowest BCUT2D eigenvalue weighted by Gasteiger charge is -2.13. The highest BCUT2D eigenvalue weighted by atomic mass is 16.2. The molecule has 2 rings (SSSR count). The van der Waals surface area contributed by atoms with Crippen LogP contribution < -0.4 is 15.5 Å². The summed E-state index contributed by atoms with van der Waals surface area (Å²) in [6.45, 7) is 1.85. The third-order valence-corrected chi connectivity index (χ3v) is 3.36. The van der Waals surface area contributed by atoms with Crippen LogP contribution in [-0.2, 0) is 4.79 Å². The number of rotatable bonds is 5. The lowest BCUT2D eigenvalue weighted by Crippen LogP contribution is -2.32. The first-order chi connectivity index (χ1) is 11.0. The maximum atomic E-state index is 12.0. The molecule has 0 saturated heterocycles. The van der Waals surface area contributed by atoms with Crippen molar-refractivity contribution in [3.63, 3.8) is 0 Å². The van der Waals surface area contributed by atoms with Crippen molar-refractivity contribution in [2.24, 2.45) is 0 Å². The van der Waals surface area contributed by atoms with E-state index in [4.69, 9.17) is 0 Å². The van der Waals surface area contributed by atoms with Crippen LogP contribution in [0.1, 0.15) is 15.9 Å². The standard InChI is InChI=1S/C18H21N3O2/c1-13-5-4-6-14(11-13)18(23)19-12-17(22)20-15-7-9-16(10-8-15)21(2)3/h4-11H,12H2,1-3H3,(H,19,23)(H,20,22). The summed E-state index contributed by atoms with van der Waals surface area (Å²) in [6.07, 6.45) is 0. The summed E-state index contributed by atoms with van der Waals surface area (Å²) in [5.41, 5.74) is 3.30. The van der Waals surface area contributed by atoms with E-state index in [0.29, 0.717) is 11.3 Å². The highest BCUT2D eigenvalue weighted by molar-refractivity contribution is 5.99. The lowest BCUT2D eigenvalue weighted by molar-refractivity contribution is -0.115. The zero-order valence-corrected chi connectivity index (χ0v) is 13.6. The van der Waals surface area contributed by atoms with Crippen LogP contribution in [0.5, 0.6) is 0 Å². The van der Waals surface area contributed by atoms with Gasteiger partial charge in [-0.1, -0.05) is 17.7 Å². The van der Waals surface area contributed by atoms with E-state index < -0.39 is 0 Å². The molecule has 0 atom stereocenters. The lowest BCUT2D eigenvalue weighted by atomic mass is 10.1. The van der Waals surface area contributed by atoms with Crippen LogP contribution in [0.4, 0.5) is 11.4 Å². The Morgan fingerprint density at radius 3 is 2.35 bits per heavy atom. The van der Waals surface area contributed by atoms with Crippen molar-refractivity contribution >= 4 is 23.2 Å². The molecule has 23 heavy (non-hydrogen) atoms. The summed E-state index contributed by atoms with van der Waals surface area (Å²) < 4.78 is 0. The van der Waals surface area contributed by atoms with Crippen molar-refractivity contribution in [3.8, 4) is 0 Å². The minimum Gasteiger partial charge on any atom is -0.378 e. The molecule has 0 fully saturated rings. The first-order valence-corrected chi connectivity index (χ1v) is 7.38. The van der Waals surface area contributed by atoms with Crippen molar-refractivity contribution in [1.29, 1.82) is 0 Å². The van der Waals surface area contributed by atoms with Crippen LogP contribution in [0.2, 0.25) is 0 Å². The number of carbonyl (C=O) groups excluding carboxylic acids is 2. The fraction of sp³-hybridized carbons (Fsp3) is 0.222. The van der Waals surface area contributed by atoms with Gasteiger partial charge in [-0.25, -0.2) is 0 Å². The molecular weight excluding hydrogens is 290 g/mol. The average molecular weight is 311 g/mol. The van der Waals surface area contributed by atoms with Gasteiger partial charge in [0.15, 0.2) is 0 Å². The van der Waals surface area contributed by atoms with Gasteiger partial charge < -0.3 is 15.5 Å². The second kappa shape index (κ2) is 7.45. The first kappa shape index (κ1) is 16.5. The summed E-state index contributed by atoms with van der Waals surface area (Å²) in [4.78, 5) is 25.9. The van der Waals surface area contributed by atoms with Crippen molar-refractivity contribution < 1.29 is 9.59 Å². The molecule has 2 amide bonds. The van der Waals surface area contributed by atoms with E-state index in [1.165, 1.54) is 0 Å². The van der Waals surface area contributed by atoms with Gasteiger partial charge in [0, 0.05) is 31.0 Å². The van der Waals surface area contributed by atoms with Crippen LogP contribution in [0.15, 0.2) is 48.5 Å². The smallest absolute Gasteiger partial charge is 0.251 e. The topological polar surface area (TPSA) is 61.4 Å². The number of nitrogens with one attached hydrogen (secondary N) is 2. The normalized spacial score (nSPS) is 10.0. The zero-order chi connectivity index (χ0) is 16.8. The number of benzene rings is 2. The minimum atomic E-state index is -0.261. The molecular formula is C18H21N3O2. The van der Waals surface area contributed by atoms with Crippen LogP contribution in [0.3, 0.4) is 0 Å². The van der Waals surface area contributed by atoms with Crippen LogP contribution >= 0.6 is 0 Å². The molecule has 5 heteroatoms. The molecule has 0 spiro atoms. The minimum absolute atomic E-state index is 0.0673. The van der Waals surface area contributed by atoms with Crippen LogP contribution in [-0.4, -0.2) is 32.5 Å². The SMILES string of the molecule is Cc1cccc(C(=O)NCC(=O)Nc2ccc(N(C)C)cc2)c1. The fourth-order valence-electron chi connectivity index (χ4n) is 2.10. The number of aryl methyl sites for hydroxylation is 1. The van der Waals surface area contributed by atoms with Gasteiger partial charge in [0.05, 0.1) is 6.54 Å². The number of nitrogens with zero attached hydrogens (tertiary/aromatic N) is 1. The number of amides is 2. The second-order valence-electron chi connectivity index (χ2n) is 5.54. The van der Waals surface area contributed by atoms with E-state index in [2.05, 4.69) is 10.6 Å². The van der Waals surface area contributed by atoms with E-state index in [9.17, 15) is 9.59 Å². The Balaban J connectivity index is 1.86. The maximum Gasteiger partial charge on any atom is 0.251 e. The average Bonchev–Trinajstić information content (AvgIpc) is 2.53. The quantitative estimate of drug-likeness (QED) is 0.891. The van der Waals surface area contributed by atoms with Gasteiger partial charge in [-0.15, -0.1) is 0 Å². The predicted octanol–water partition coefficient (Wildman–Crippen LogP) is 2.43. The van der Waals surface area contributed by atoms with E-state index in [1.54, 1.807) is 12.1 Å². The molecule has 0 aliphatic carbocycles. The summed E-state index contributed by atoms with van der Waals surface area (Å²) in [7, 11) is 3.91. The number of hydrogen-bond acceptors (Lipinski definition) is 3. The fourth-order valence-corrected chi connectivity index (χ4v) is 2.10. The molecule has 0 unspecified atom stereocenters. The van der Waals surface area contributed by atoms with Gasteiger partial charge in [0.25, 0.3) is 5.91 Å². The van der Waals surface area contributed by atoms with Crippen LogP contribution in [0, 0.1) is 6.92 Å². The molecule has 0 aromatic heterocycles. The van der Waals surface area contributed by atoms with Gasteiger partial charge in [-0.3, -0.25) is 9.59 Å². The Bertz CT molecular complexity index is 694. The van der Waals surface area contributed by atoms with Crippen molar-refractivity contribution in [2.75, 3.05) is 30.9 Å². The molecule has 0 saturated carbocycles. The summed E-state index contributed by atoms with van der Waals surface area (Å²) in [5.74, 6) is -0.518. The Labute approximate surface area is 136 Å². The van der Waals surface area contributed by atoms with E-state index >= 15 is 0 Å². The summed E-state index contributed by atoms with van der Waals surface area (Å²) >= 11 is 0. The predicted molar refractivity (Wildman–Crippen MR) is 92.9 cm³/mol. The molecule has 0 bridgehead atoms. The second-order valence-corrected chi connectivity index (χ2v) is 5.54. The molecule has 120 valence electrons. The van der Waals surface area contributed by atoms with Gasteiger partial charge in [0.1, 0.15) is 0 Å². The van der Waals surface area contributed by atoms with E-state index in [0.717, 1.165) is 11.3 Å². The van der Waals surface area contributed by atoms with Crippen molar-refractivity contribution in [2.45, 2.75) is 6.92 Å². The summed E-state index contributed by atoms with van der Waals surface area (Å²) in [6, 6.07) is 14.7. The Hall–Kier alpha value is -2.82. The van der Waals surface area contributed by atoms with Gasteiger partial charge in [-0.2, -0.15) is 0 Å². The molecule has 0 aliphatic heterocycles. The first-order valence-electron chi connectivity index (χ1n) is 7.38. The Kier molecular flexibility index (Phi) is 5.36. The zero-order valence-electron chi connectivity index (χ0n) is 13.6. The van der Waals surface area contributed by atoms with E-state index in [1.807, 2.05) is 62.3 Å². The summed E-state index contributed by atoms with van der Waals surface area (Å²) in [5, 5.41) is 5.37. The monoisotopic (exact) mass is 311 g/mol. The van der Waals surface area contributed by atoms with Crippen LogP contribution in [0.25, 0.3) is 0 Å². The highest BCUT2D eigenvalue weighted by Crippen LogP contribution is 2.15. The van der Waals surface area contributed by atoms with Gasteiger partial charge in [-0.05, 0) is 43.3 Å². The number of hydrogen-bond donors (Lipinski definition) is 2. The highest BCUT2D eigenvalue weighted by Gasteiger charge is 2.08. The Morgan fingerprint density at radius 2 is 1.74 bits per heavy atom. The third kappa shape index (κ3) is 4.85. The van der Waals surface area contributed by atoms with Gasteiger partial charge >= 0.3 is 0 Å². The van der Waals surface area contributed by atoms with Crippen molar-refractivity contribution in [3.05, 3.63) is 59.7 Å². The number of carbonyl (C=O) groups is 2. The molecule has 2 N–H and O–H groups in total. The van der Waals surface area contributed by atoms with Gasteiger partial charge in [0.2, 0.25) is 5.91 Å². The molecule has 2 aromatic rings. The maximum absolute atomic E-state index is 12.0. The largest absolute Gasteiger partial charge is 0.378 e. The molecule has 0 heterocycles.